The van der Waals surface area contributed by atoms with Crippen molar-refractivity contribution in [1.82, 2.24) is 4.57 Å². The first-order chi connectivity index (χ1) is 11.9. The minimum Gasteiger partial charge on any atom is -0.493 e. The zero-order valence-corrected chi connectivity index (χ0v) is 16.1. The lowest BCUT2D eigenvalue weighted by Crippen LogP contribution is -2.22. The smallest absolute Gasteiger partial charge is 0.281 e. The zero-order chi connectivity index (χ0) is 18.6. The van der Waals surface area contributed by atoms with Crippen molar-refractivity contribution >= 4 is 45.6 Å². The molecule has 2 N–H and O–H groups in total. The van der Waals surface area contributed by atoms with E-state index in [0.29, 0.717) is 10.7 Å². The third kappa shape index (κ3) is 4.18. The summed E-state index contributed by atoms with van der Waals surface area (Å²) in [6.45, 7) is 1.42. The fourth-order valence-corrected chi connectivity index (χ4v) is 3.05. The molecule has 0 saturated heterocycles. The Bertz CT molecular complexity index is 934. The number of pyridine rings is 1. The number of aliphatic hydroxyl groups is 1. The molecule has 9 heteroatoms. The van der Waals surface area contributed by atoms with E-state index in [2.05, 4.69) is 32.8 Å². The summed E-state index contributed by atoms with van der Waals surface area (Å²) >= 11 is 8.21. The molecular weight excluding hydrogens is 459 g/mol. The molecule has 25 heavy (non-hydrogen) atoms. The van der Waals surface area contributed by atoms with E-state index >= 15 is 0 Å². The second-order valence-corrected chi connectivity index (χ2v) is 6.77. The van der Waals surface area contributed by atoms with Crippen LogP contribution in [0.2, 0.25) is 5.02 Å². The molecule has 1 heterocycles. The number of benzene rings is 1. The first kappa shape index (κ1) is 19.4. The van der Waals surface area contributed by atoms with Gasteiger partial charge >= 0.3 is 0 Å². The molecular formula is C16H14ClIN4O3. The number of aromatic nitrogens is 1. The minimum absolute atomic E-state index is 0.0538. The zero-order valence-electron chi connectivity index (χ0n) is 13.2. The number of hydrogen-bond donors (Lipinski definition) is 2. The van der Waals surface area contributed by atoms with E-state index in [-0.39, 0.29) is 36.4 Å². The molecule has 0 atom stereocenters. The highest BCUT2D eigenvalue weighted by Gasteiger charge is 2.19. The van der Waals surface area contributed by atoms with E-state index in [1.165, 1.54) is 6.92 Å². The van der Waals surface area contributed by atoms with E-state index in [1.54, 1.807) is 18.2 Å². The van der Waals surface area contributed by atoms with Crippen LogP contribution in [0.15, 0.2) is 33.2 Å². The lowest BCUT2D eigenvalue weighted by atomic mass is 10.1. The molecule has 1 aromatic carbocycles. The van der Waals surface area contributed by atoms with Gasteiger partial charge < -0.3 is 10.2 Å². The molecule has 0 amide bonds. The molecule has 0 bridgehead atoms. The standard InChI is InChI=1S/C16H14ClIN4O3/c1-9-11(8-19)15(24)22(5-2-6-23)16(25)14(9)21-20-13-4-3-10(18)7-12(13)17/h3-4,7,23-24H,2,5-6H2,1H3. The molecule has 1 aromatic heterocycles. The fraction of sp³-hybridized carbons (Fsp3) is 0.250. The van der Waals surface area contributed by atoms with Crippen LogP contribution in [0.4, 0.5) is 11.4 Å². The lowest BCUT2D eigenvalue weighted by molar-refractivity contribution is 0.274. The Kier molecular flexibility index (Phi) is 6.52. The fourth-order valence-electron chi connectivity index (χ4n) is 2.16. The van der Waals surface area contributed by atoms with Crippen LogP contribution in [0, 0.1) is 21.8 Å². The van der Waals surface area contributed by atoms with Crippen LogP contribution in [0.1, 0.15) is 17.5 Å². The Hall–Kier alpha value is -1.96. The Morgan fingerprint density at radius 2 is 2.12 bits per heavy atom. The van der Waals surface area contributed by atoms with Crippen molar-refractivity contribution in [2.75, 3.05) is 6.61 Å². The summed E-state index contributed by atoms with van der Waals surface area (Å²) in [4.78, 5) is 12.6. The van der Waals surface area contributed by atoms with Crippen molar-refractivity contribution in [3.63, 3.8) is 0 Å². The van der Waals surface area contributed by atoms with Crippen LogP contribution in [-0.4, -0.2) is 21.4 Å². The van der Waals surface area contributed by atoms with Crippen molar-refractivity contribution < 1.29 is 10.2 Å². The third-order valence-electron chi connectivity index (χ3n) is 3.48. The average Bonchev–Trinajstić information content (AvgIpc) is 2.56. The molecule has 0 aliphatic carbocycles. The van der Waals surface area contributed by atoms with Crippen LogP contribution in [0.25, 0.3) is 0 Å². The topological polar surface area (TPSA) is 111 Å². The summed E-state index contributed by atoms with van der Waals surface area (Å²) in [5, 5.41) is 36.7. The van der Waals surface area contributed by atoms with Gasteiger partial charge in [-0.15, -0.1) is 10.2 Å². The van der Waals surface area contributed by atoms with Crippen LogP contribution in [0.3, 0.4) is 0 Å². The summed E-state index contributed by atoms with van der Waals surface area (Å²) in [7, 11) is 0. The normalized spacial score (nSPS) is 11.0. The van der Waals surface area contributed by atoms with Gasteiger partial charge in [0.25, 0.3) is 5.56 Å². The Labute approximate surface area is 162 Å². The SMILES string of the molecule is Cc1c(C#N)c(O)n(CCCO)c(=O)c1N=Nc1ccc(I)cc1Cl. The molecule has 130 valence electrons. The number of nitrogens with zero attached hydrogens (tertiary/aromatic N) is 4. The predicted octanol–water partition coefficient (Wildman–Crippen LogP) is 3.79. The number of halogens is 2. The molecule has 2 rings (SSSR count). The van der Waals surface area contributed by atoms with Crippen molar-refractivity contribution in [1.29, 1.82) is 5.26 Å². The van der Waals surface area contributed by atoms with E-state index < -0.39 is 11.4 Å². The number of rotatable bonds is 5. The lowest BCUT2D eigenvalue weighted by Gasteiger charge is -2.12. The highest BCUT2D eigenvalue weighted by Crippen LogP contribution is 2.30. The van der Waals surface area contributed by atoms with Gasteiger partial charge in [-0.25, -0.2) is 0 Å². The van der Waals surface area contributed by atoms with Crippen molar-refractivity contribution in [2.24, 2.45) is 10.2 Å². The molecule has 0 spiro atoms. The number of aromatic hydroxyl groups is 1. The first-order valence-corrected chi connectivity index (χ1v) is 8.70. The molecule has 0 radical (unpaired) electrons. The number of azo groups is 1. The van der Waals surface area contributed by atoms with Gasteiger partial charge in [-0.3, -0.25) is 9.36 Å². The maximum atomic E-state index is 12.6. The third-order valence-corrected chi connectivity index (χ3v) is 4.45. The Balaban J connectivity index is 2.58. The van der Waals surface area contributed by atoms with E-state index in [9.17, 15) is 15.2 Å². The highest BCUT2D eigenvalue weighted by atomic mass is 127. The van der Waals surface area contributed by atoms with E-state index in [1.807, 2.05) is 6.07 Å². The van der Waals surface area contributed by atoms with Crippen molar-refractivity contribution in [2.45, 2.75) is 19.9 Å². The maximum absolute atomic E-state index is 12.6. The highest BCUT2D eigenvalue weighted by molar-refractivity contribution is 14.1. The van der Waals surface area contributed by atoms with Crippen LogP contribution >= 0.6 is 34.2 Å². The quantitative estimate of drug-likeness (QED) is 0.509. The number of nitriles is 1. The molecule has 0 aliphatic heterocycles. The molecule has 2 aromatic rings. The van der Waals surface area contributed by atoms with E-state index in [4.69, 9.17) is 16.7 Å². The summed E-state index contributed by atoms with van der Waals surface area (Å²) < 4.78 is 1.94. The van der Waals surface area contributed by atoms with Gasteiger partial charge in [0.05, 0.1) is 5.02 Å². The van der Waals surface area contributed by atoms with Gasteiger partial charge in [0.1, 0.15) is 17.3 Å². The Morgan fingerprint density at radius 3 is 2.72 bits per heavy atom. The first-order valence-electron chi connectivity index (χ1n) is 7.24. The Morgan fingerprint density at radius 1 is 1.40 bits per heavy atom. The number of hydrogen-bond acceptors (Lipinski definition) is 6. The van der Waals surface area contributed by atoms with Crippen LogP contribution in [0.5, 0.6) is 5.88 Å². The van der Waals surface area contributed by atoms with Gasteiger partial charge in [-0.1, -0.05) is 11.6 Å². The predicted molar refractivity (Wildman–Crippen MR) is 102 cm³/mol. The minimum atomic E-state index is -0.590. The largest absolute Gasteiger partial charge is 0.493 e. The molecule has 0 saturated carbocycles. The van der Waals surface area contributed by atoms with Crippen LogP contribution in [-0.2, 0) is 6.54 Å². The molecule has 0 fully saturated rings. The number of aliphatic hydroxyl groups excluding tert-OH is 1. The summed E-state index contributed by atoms with van der Waals surface area (Å²) in [6.07, 6.45) is 0.251. The second-order valence-electron chi connectivity index (χ2n) is 5.11. The van der Waals surface area contributed by atoms with Gasteiger partial charge in [0, 0.05) is 22.3 Å². The van der Waals surface area contributed by atoms with E-state index in [0.717, 1.165) is 8.14 Å². The summed E-state index contributed by atoms with van der Waals surface area (Å²) in [5.41, 5.74) is -0.0834. The van der Waals surface area contributed by atoms with Crippen LogP contribution < -0.4 is 5.56 Å². The summed E-state index contributed by atoms with van der Waals surface area (Å²) in [6, 6.07) is 7.03. The van der Waals surface area contributed by atoms with Gasteiger partial charge in [0.2, 0.25) is 5.88 Å². The average molecular weight is 473 g/mol. The molecule has 0 aliphatic rings. The van der Waals surface area contributed by atoms with Gasteiger partial charge in [-0.05, 0) is 54.1 Å². The van der Waals surface area contributed by atoms with Gasteiger partial charge in [0.15, 0.2) is 5.69 Å². The van der Waals surface area contributed by atoms with Crippen molar-refractivity contribution in [3.8, 4) is 11.9 Å². The molecule has 0 unspecified atom stereocenters. The summed E-state index contributed by atoms with van der Waals surface area (Å²) in [5.74, 6) is -0.440. The second kappa shape index (κ2) is 8.42. The van der Waals surface area contributed by atoms with Crippen molar-refractivity contribution in [3.05, 3.63) is 48.3 Å². The maximum Gasteiger partial charge on any atom is 0.281 e. The van der Waals surface area contributed by atoms with Gasteiger partial charge in [-0.2, -0.15) is 5.26 Å². The monoisotopic (exact) mass is 472 g/mol. The molecule has 7 nitrogen and oxygen atoms in total.